The second-order valence-electron chi connectivity index (χ2n) is 16.1. The average Bonchev–Trinajstić information content (AvgIpc) is 3.63. The van der Waals surface area contributed by atoms with E-state index < -0.39 is 11.9 Å². The summed E-state index contributed by atoms with van der Waals surface area (Å²) in [6.45, 7) is 10.6. The SMILES string of the molecule is CC(=O)OCn1cc2cc(C[C@@H](CC(=O)N3CCC(c4cc5ccccc5n(COC(C)=O)c4=O)CC3)C(=O)N3CCN(C4CCN(C)CC4)CC3)cc(C)c2n1. The lowest BCUT2D eigenvalue weighted by atomic mass is 9.88. The van der Waals surface area contributed by atoms with E-state index in [0.717, 1.165) is 66.4 Å². The zero-order valence-corrected chi connectivity index (χ0v) is 33.7. The lowest BCUT2D eigenvalue weighted by Crippen LogP contribution is -2.55. The van der Waals surface area contributed by atoms with Crippen LogP contribution in [0.4, 0.5) is 0 Å². The van der Waals surface area contributed by atoms with Crippen LogP contribution in [0.5, 0.6) is 0 Å². The van der Waals surface area contributed by atoms with Crippen molar-refractivity contribution in [1.29, 1.82) is 0 Å². The third kappa shape index (κ3) is 9.39. The Kier molecular flexibility index (Phi) is 12.4. The lowest BCUT2D eigenvalue weighted by molar-refractivity contribution is -0.145. The Morgan fingerprint density at radius 3 is 2.19 bits per heavy atom. The number of para-hydroxylation sites is 1. The smallest absolute Gasteiger partial charge is 0.304 e. The normalized spacial score (nSPS) is 18.2. The number of fused-ring (bicyclic) bond motifs is 2. The lowest BCUT2D eigenvalue weighted by Gasteiger charge is -2.43. The van der Waals surface area contributed by atoms with E-state index in [0.29, 0.717) is 62.6 Å². The summed E-state index contributed by atoms with van der Waals surface area (Å²) in [7, 11) is 2.17. The minimum atomic E-state index is -0.549. The van der Waals surface area contributed by atoms with Crippen LogP contribution in [-0.2, 0) is 48.5 Å². The number of rotatable bonds is 11. The van der Waals surface area contributed by atoms with Gasteiger partial charge in [0.25, 0.3) is 5.56 Å². The van der Waals surface area contributed by atoms with Crippen molar-refractivity contribution in [1.82, 2.24) is 33.9 Å². The van der Waals surface area contributed by atoms with Crippen LogP contribution in [0.2, 0.25) is 0 Å². The quantitative estimate of drug-likeness (QED) is 0.206. The molecule has 4 aromatic rings. The maximum absolute atomic E-state index is 14.5. The van der Waals surface area contributed by atoms with Crippen LogP contribution in [0.1, 0.15) is 68.6 Å². The van der Waals surface area contributed by atoms with Gasteiger partial charge in [-0.25, -0.2) is 4.68 Å². The van der Waals surface area contributed by atoms with Gasteiger partial charge in [0.2, 0.25) is 11.8 Å². The van der Waals surface area contributed by atoms with Crippen molar-refractivity contribution in [3.8, 4) is 0 Å². The van der Waals surface area contributed by atoms with Crippen LogP contribution in [0, 0.1) is 12.8 Å². The van der Waals surface area contributed by atoms with Gasteiger partial charge in [0, 0.05) is 82.7 Å². The molecular weight excluding hydrogens is 727 g/mol. The van der Waals surface area contributed by atoms with E-state index in [1.165, 1.54) is 18.4 Å². The van der Waals surface area contributed by atoms with Gasteiger partial charge >= 0.3 is 11.9 Å². The Balaban J connectivity index is 1.06. The van der Waals surface area contributed by atoms with E-state index in [4.69, 9.17) is 9.47 Å². The number of pyridine rings is 1. The number of aryl methyl sites for hydroxylation is 1. The Hall–Kier alpha value is -5.08. The highest BCUT2D eigenvalue weighted by Gasteiger charge is 2.34. The number of ether oxygens (including phenoxy) is 2. The maximum Gasteiger partial charge on any atom is 0.304 e. The van der Waals surface area contributed by atoms with E-state index in [1.807, 2.05) is 65.4 Å². The number of likely N-dealkylation sites (tertiary alicyclic amines) is 2. The van der Waals surface area contributed by atoms with Gasteiger partial charge in [0.1, 0.15) is 0 Å². The number of aromatic nitrogens is 3. The van der Waals surface area contributed by atoms with Gasteiger partial charge in [0.15, 0.2) is 13.5 Å². The number of carbonyl (C=O) groups excluding carboxylic acids is 4. The average molecular weight is 782 g/mol. The summed E-state index contributed by atoms with van der Waals surface area (Å²) in [5.74, 6) is -1.51. The van der Waals surface area contributed by atoms with Gasteiger partial charge in [0.05, 0.1) is 17.0 Å². The first-order chi connectivity index (χ1) is 27.4. The summed E-state index contributed by atoms with van der Waals surface area (Å²) in [6, 6.07) is 14.1. The second-order valence-corrected chi connectivity index (χ2v) is 16.1. The Morgan fingerprint density at radius 1 is 0.807 bits per heavy atom. The standard InChI is InChI=1S/C43H55N7O7/c1-29-21-32(23-36-26-49(44-41(29)36)27-56-30(2)51)22-35(42(54)48-19-17-46(18-20-48)37-11-13-45(4)14-12-37)25-40(53)47-15-9-33(10-16-47)38-24-34-7-5-6-8-39(34)50(43(38)55)28-57-31(3)52/h5-8,21,23-24,26,33,35,37H,9-20,22,25,27-28H2,1-4H3/t35-/m0/s1. The van der Waals surface area contributed by atoms with Crippen molar-refractivity contribution in [2.45, 2.75) is 84.7 Å². The topological polar surface area (TPSA) is 140 Å². The molecule has 0 spiro atoms. The molecule has 0 unspecified atom stereocenters. The summed E-state index contributed by atoms with van der Waals surface area (Å²) in [4.78, 5) is 74.1. The van der Waals surface area contributed by atoms with Crippen LogP contribution in [0.15, 0.2) is 53.5 Å². The molecule has 0 N–H and O–H groups in total. The summed E-state index contributed by atoms with van der Waals surface area (Å²) < 4.78 is 13.5. The van der Waals surface area contributed by atoms with Gasteiger partial charge in [-0.3, -0.25) is 33.4 Å². The first kappa shape index (κ1) is 40.1. The molecule has 0 aliphatic carbocycles. The molecule has 7 rings (SSSR count). The Labute approximate surface area is 333 Å². The molecule has 0 bridgehead atoms. The van der Waals surface area contributed by atoms with Gasteiger partial charge in [-0.1, -0.05) is 24.3 Å². The zero-order valence-electron chi connectivity index (χ0n) is 33.7. The van der Waals surface area contributed by atoms with Crippen molar-refractivity contribution in [3.63, 3.8) is 0 Å². The molecule has 3 saturated heterocycles. The minimum Gasteiger partial charge on any atom is -0.444 e. The van der Waals surface area contributed by atoms with Crippen LogP contribution in [0.3, 0.4) is 0 Å². The van der Waals surface area contributed by atoms with Crippen LogP contribution in [0.25, 0.3) is 21.8 Å². The molecular formula is C43H55N7O7. The van der Waals surface area contributed by atoms with Gasteiger partial charge < -0.3 is 24.2 Å². The highest BCUT2D eigenvalue weighted by molar-refractivity contribution is 5.87. The molecule has 0 radical (unpaired) electrons. The summed E-state index contributed by atoms with van der Waals surface area (Å²) in [6.07, 6.45) is 5.83. The minimum absolute atomic E-state index is 0.00839. The number of piperidine rings is 2. The van der Waals surface area contributed by atoms with Crippen molar-refractivity contribution >= 4 is 45.6 Å². The van der Waals surface area contributed by atoms with Crippen LogP contribution >= 0.6 is 0 Å². The van der Waals surface area contributed by atoms with Gasteiger partial charge in [-0.15, -0.1) is 0 Å². The molecule has 3 aliphatic heterocycles. The third-order valence-electron chi connectivity index (χ3n) is 12.1. The molecule has 14 nitrogen and oxygen atoms in total. The third-order valence-corrected chi connectivity index (χ3v) is 12.1. The fraction of sp³-hybridized carbons (Fsp3) is 0.535. The van der Waals surface area contributed by atoms with E-state index in [-0.39, 0.29) is 49.1 Å². The number of nitrogens with zero attached hydrogens (tertiary/aromatic N) is 7. The molecule has 2 aromatic heterocycles. The number of benzene rings is 2. The monoisotopic (exact) mass is 781 g/mol. The van der Waals surface area contributed by atoms with E-state index in [2.05, 4.69) is 21.9 Å². The molecule has 5 heterocycles. The van der Waals surface area contributed by atoms with E-state index >= 15 is 0 Å². The number of hydrogen-bond acceptors (Lipinski definition) is 10. The number of esters is 2. The fourth-order valence-corrected chi connectivity index (χ4v) is 8.94. The number of hydrogen-bond donors (Lipinski definition) is 0. The Bertz CT molecular complexity index is 2170. The molecule has 3 fully saturated rings. The van der Waals surface area contributed by atoms with Crippen LogP contribution in [-0.4, -0.2) is 123 Å². The van der Waals surface area contributed by atoms with Gasteiger partial charge in [-0.2, -0.15) is 5.10 Å². The maximum atomic E-state index is 14.5. The first-order valence-electron chi connectivity index (χ1n) is 20.3. The van der Waals surface area contributed by atoms with Crippen molar-refractivity contribution in [2.24, 2.45) is 5.92 Å². The van der Waals surface area contributed by atoms with E-state index in [9.17, 15) is 24.0 Å². The largest absolute Gasteiger partial charge is 0.444 e. The molecule has 57 heavy (non-hydrogen) atoms. The molecule has 2 amide bonds. The predicted octanol–water partition coefficient (Wildman–Crippen LogP) is 3.89. The van der Waals surface area contributed by atoms with Crippen molar-refractivity contribution in [2.75, 3.05) is 59.4 Å². The van der Waals surface area contributed by atoms with E-state index in [1.54, 1.807) is 4.68 Å². The fourth-order valence-electron chi connectivity index (χ4n) is 8.94. The molecule has 1 atom stereocenters. The number of carbonyl (C=O) groups is 4. The number of piperazine rings is 1. The molecule has 2 aromatic carbocycles. The van der Waals surface area contributed by atoms with Crippen molar-refractivity contribution in [3.05, 3.63) is 75.7 Å². The first-order valence-corrected chi connectivity index (χ1v) is 20.3. The molecule has 3 aliphatic rings. The Morgan fingerprint density at radius 2 is 1.49 bits per heavy atom. The molecule has 304 valence electrons. The predicted molar refractivity (Wildman–Crippen MR) is 215 cm³/mol. The second kappa shape index (κ2) is 17.6. The highest BCUT2D eigenvalue weighted by Crippen LogP contribution is 2.30. The number of amides is 2. The summed E-state index contributed by atoms with van der Waals surface area (Å²) in [5.41, 5.74) is 3.85. The van der Waals surface area contributed by atoms with Gasteiger partial charge in [-0.05, 0) is 99.8 Å². The van der Waals surface area contributed by atoms with Crippen molar-refractivity contribution < 1.29 is 28.7 Å². The highest BCUT2D eigenvalue weighted by atomic mass is 16.5. The van der Waals surface area contributed by atoms with Crippen LogP contribution < -0.4 is 5.56 Å². The molecule has 14 heteroatoms. The summed E-state index contributed by atoms with van der Waals surface area (Å²) >= 11 is 0. The zero-order chi connectivity index (χ0) is 40.2. The summed E-state index contributed by atoms with van der Waals surface area (Å²) in [5, 5.41) is 6.36. The molecule has 0 saturated carbocycles.